The van der Waals surface area contributed by atoms with Crippen molar-refractivity contribution in [1.29, 1.82) is 0 Å². The molecule has 18 heavy (non-hydrogen) atoms. The number of nitrogen functional groups attached to an aromatic ring is 1. The number of esters is 1. The number of aromatic nitrogens is 2. The molecule has 1 fully saturated rings. The van der Waals surface area contributed by atoms with Crippen LogP contribution in [0.15, 0.2) is 0 Å². The van der Waals surface area contributed by atoms with Crippen LogP contribution in [-0.2, 0) is 11.2 Å². The molecule has 5 heteroatoms. The second kappa shape index (κ2) is 4.30. The van der Waals surface area contributed by atoms with Crippen molar-refractivity contribution in [2.75, 3.05) is 12.3 Å². The summed E-state index contributed by atoms with van der Waals surface area (Å²) in [6, 6.07) is 0.350. The zero-order valence-electron chi connectivity index (χ0n) is 11.5. The molecule has 1 heterocycles. The van der Waals surface area contributed by atoms with Crippen molar-refractivity contribution in [1.82, 2.24) is 9.55 Å². The lowest BCUT2D eigenvalue weighted by atomic mass is 10.2. The van der Waals surface area contributed by atoms with Gasteiger partial charge in [-0.1, -0.05) is 20.8 Å². The number of rotatable bonds is 4. The van der Waals surface area contributed by atoms with Gasteiger partial charge in [0, 0.05) is 12.5 Å². The molecule has 0 aliphatic heterocycles. The van der Waals surface area contributed by atoms with Crippen LogP contribution in [0.25, 0.3) is 0 Å². The van der Waals surface area contributed by atoms with Gasteiger partial charge in [-0.25, -0.2) is 9.78 Å². The Balaban J connectivity index is 2.38. The van der Waals surface area contributed by atoms with E-state index in [-0.39, 0.29) is 11.1 Å². The summed E-state index contributed by atoms with van der Waals surface area (Å²) < 4.78 is 6.99. The van der Waals surface area contributed by atoms with Crippen molar-refractivity contribution in [3.05, 3.63) is 11.5 Å². The fourth-order valence-corrected chi connectivity index (χ4v) is 2.32. The first kappa shape index (κ1) is 12.9. The number of anilines is 1. The monoisotopic (exact) mass is 251 g/mol. The third-order valence-corrected chi connectivity index (χ3v) is 3.58. The number of imidazole rings is 1. The Morgan fingerprint density at radius 2 is 2.17 bits per heavy atom. The van der Waals surface area contributed by atoms with Gasteiger partial charge in [-0.15, -0.1) is 0 Å². The Morgan fingerprint density at radius 3 is 2.61 bits per heavy atom. The Morgan fingerprint density at radius 1 is 1.56 bits per heavy atom. The first-order valence-electron chi connectivity index (χ1n) is 6.46. The summed E-state index contributed by atoms with van der Waals surface area (Å²) in [6.45, 7) is 8.51. The number of ether oxygens (including phenoxy) is 1. The third kappa shape index (κ3) is 1.98. The number of nitrogens with zero attached hydrogens (tertiary/aromatic N) is 2. The van der Waals surface area contributed by atoms with Crippen molar-refractivity contribution in [3.63, 3.8) is 0 Å². The zero-order valence-corrected chi connectivity index (χ0v) is 11.5. The number of carbonyl (C=O) groups excluding carboxylic acids is 1. The quantitative estimate of drug-likeness (QED) is 0.833. The molecular formula is C13H21N3O2. The van der Waals surface area contributed by atoms with E-state index in [1.807, 2.05) is 11.5 Å². The summed E-state index contributed by atoms with van der Waals surface area (Å²) in [6.07, 6.45) is 1.83. The minimum absolute atomic E-state index is 0.241. The minimum atomic E-state index is -0.429. The maximum atomic E-state index is 11.8. The molecule has 0 radical (unpaired) electrons. The molecule has 0 amide bonds. The van der Waals surface area contributed by atoms with E-state index in [1.165, 1.54) is 0 Å². The number of nitrogens with two attached hydrogens (primary N) is 1. The molecule has 1 aromatic heterocycles. The van der Waals surface area contributed by atoms with Gasteiger partial charge in [0.2, 0.25) is 0 Å². The highest BCUT2D eigenvalue weighted by molar-refractivity contribution is 5.92. The van der Waals surface area contributed by atoms with Gasteiger partial charge in [0.1, 0.15) is 11.6 Å². The van der Waals surface area contributed by atoms with Crippen molar-refractivity contribution in [3.8, 4) is 0 Å². The molecule has 1 unspecified atom stereocenters. The van der Waals surface area contributed by atoms with E-state index in [2.05, 4.69) is 18.8 Å². The van der Waals surface area contributed by atoms with Crippen LogP contribution in [-0.4, -0.2) is 22.1 Å². The van der Waals surface area contributed by atoms with Crippen LogP contribution in [0, 0.1) is 5.41 Å². The lowest BCUT2D eigenvalue weighted by Crippen LogP contribution is -2.11. The summed E-state index contributed by atoms with van der Waals surface area (Å²) in [5, 5.41) is 0. The Hall–Kier alpha value is -1.52. The van der Waals surface area contributed by atoms with E-state index in [0.717, 1.165) is 18.7 Å². The lowest BCUT2D eigenvalue weighted by molar-refractivity contribution is 0.0521. The van der Waals surface area contributed by atoms with Crippen molar-refractivity contribution in [2.45, 2.75) is 46.6 Å². The molecular weight excluding hydrogens is 230 g/mol. The Kier molecular flexibility index (Phi) is 3.09. The molecule has 0 bridgehead atoms. The van der Waals surface area contributed by atoms with Gasteiger partial charge >= 0.3 is 5.97 Å². The molecule has 1 atom stereocenters. The van der Waals surface area contributed by atoms with E-state index in [4.69, 9.17) is 10.5 Å². The van der Waals surface area contributed by atoms with Crippen molar-refractivity contribution >= 4 is 11.8 Å². The number of hydrogen-bond donors (Lipinski definition) is 1. The standard InChI is InChI=1S/C13H21N3O2/c1-5-9-15-10(12(17)18-6-2)11(14)16(9)8-7-13(8,3)4/h8H,5-7,14H2,1-4H3. The first-order valence-corrected chi connectivity index (χ1v) is 6.46. The van der Waals surface area contributed by atoms with Crippen LogP contribution >= 0.6 is 0 Å². The topological polar surface area (TPSA) is 70.1 Å². The molecule has 1 aromatic rings. The maximum absolute atomic E-state index is 11.8. The van der Waals surface area contributed by atoms with E-state index in [1.54, 1.807) is 6.92 Å². The predicted octanol–water partition coefficient (Wildman–Crippen LogP) is 2.18. The van der Waals surface area contributed by atoms with Gasteiger partial charge in [0.25, 0.3) is 0 Å². The molecule has 0 aromatic carbocycles. The molecule has 1 aliphatic rings. The number of carbonyl (C=O) groups is 1. The zero-order chi connectivity index (χ0) is 13.5. The molecule has 5 nitrogen and oxygen atoms in total. The Bertz CT molecular complexity index is 477. The van der Waals surface area contributed by atoms with Gasteiger partial charge in [-0.2, -0.15) is 0 Å². The third-order valence-electron chi connectivity index (χ3n) is 3.58. The van der Waals surface area contributed by atoms with Gasteiger partial charge in [-0.3, -0.25) is 0 Å². The van der Waals surface area contributed by atoms with E-state index < -0.39 is 5.97 Å². The van der Waals surface area contributed by atoms with Crippen LogP contribution in [0.3, 0.4) is 0 Å². The molecule has 1 aliphatic carbocycles. The highest BCUT2D eigenvalue weighted by Gasteiger charge is 2.49. The molecule has 0 saturated heterocycles. The summed E-state index contributed by atoms with van der Waals surface area (Å²) in [7, 11) is 0. The number of aryl methyl sites for hydroxylation is 1. The summed E-state index contributed by atoms with van der Waals surface area (Å²) in [5.74, 6) is 0.883. The second-order valence-corrected chi connectivity index (χ2v) is 5.41. The van der Waals surface area contributed by atoms with Crippen LogP contribution in [0.5, 0.6) is 0 Å². The van der Waals surface area contributed by atoms with Crippen LogP contribution in [0.2, 0.25) is 0 Å². The largest absolute Gasteiger partial charge is 0.461 e. The highest BCUT2D eigenvalue weighted by Crippen LogP contribution is 2.56. The normalized spacial score (nSPS) is 20.8. The lowest BCUT2D eigenvalue weighted by Gasteiger charge is -2.10. The summed E-state index contributed by atoms with van der Waals surface area (Å²) in [5.41, 5.74) is 6.57. The van der Waals surface area contributed by atoms with Gasteiger partial charge in [-0.05, 0) is 18.8 Å². The average Bonchev–Trinajstić information content (AvgIpc) is 2.79. The van der Waals surface area contributed by atoms with Crippen molar-refractivity contribution in [2.24, 2.45) is 5.41 Å². The van der Waals surface area contributed by atoms with Crippen LogP contribution in [0.1, 0.15) is 56.5 Å². The van der Waals surface area contributed by atoms with Crippen LogP contribution < -0.4 is 5.73 Å². The number of hydrogen-bond acceptors (Lipinski definition) is 4. The molecule has 2 N–H and O–H groups in total. The summed E-state index contributed by atoms with van der Waals surface area (Å²) >= 11 is 0. The molecule has 1 saturated carbocycles. The fourth-order valence-electron chi connectivity index (χ4n) is 2.32. The molecule has 0 spiro atoms. The second-order valence-electron chi connectivity index (χ2n) is 5.41. The molecule has 100 valence electrons. The van der Waals surface area contributed by atoms with E-state index in [9.17, 15) is 4.79 Å². The van der Waals surface area contributed by atoms with Crippen molar-refractivity contribution < 1.29 is 9.53 Å². The smallest absolute Gasteiger partial charge is 0.360 e. The fraction of sp³-hybridized carbons (Fsp3) is 0.692. The van der Waals surface area contributed by atoms with Crippen LogP contribution in [0.4, 0.5) is 5.82 Å². The SMILES string of the molecule is CCOC(=O)c1nc(CC)n(C2CC2(C)C)c1N. The van der Waals surface area contributed by atoms with Gasteiger partial charge in [0.05, 0.1) is 6.61 Å². The summed E-state index contributed by atoms with van der Waals surface area (Å²) in [4.78, 5) is 16.1. The molecule has 2 rings (SSSR count). The average molecular weight is 251 g/mol. The van der Waals surface area contributed by atoms with E-state index in [0.29, 0.717) is 18.5 Å². The maximum Gasteiger partial charge on any atom is 0.360 e. The Labute approximate surface area is 107 Å². The first-order chi connectivity index (χ1) is 8.42. The van der Waals surface area contributed by atoms with E-state index >= 15 is 0 Å². The highest BCUT2D eigenvalue weighted by atomic mass is 16.5. The van der Waals surface area contributed by atoms with Gasteiger partial charge < -0.3 is 15.0 Å². The van der Waals surface area contributed by atoms with Gasteiger partial charge in [0.15, 0.2) is 5.69 Å². The predicted molar refractivity (Wildman–Crippen MR) is 69.4 cm³/mol. The minimum Gasteiger partial charge on any atom is -0.461 e.